The number of hydrogen-bond acceptors (Lipinski definition) is 3. The zero-order valence-electron chi connectivity index (χ0n) is 10.5. The fraction of sp³-hybridized carbons (Fsp3) is 0.571. The monoisotopic (exact) mass is 236 g/mol. The van der Waals surface area contributed by atoms with Gasteiger partial charge in [0.1, 0.15) is 0 Å². The Morgan fingerprint density at radius 3 is 2.53 bits per heavy atom. The normalized spacial score (nSPS) is 18.5. The number of rotatable bonds is 4. The van der Waals surface area contributed by atoms with Gasteiger partial charge in [-0.3, -0.25) is 0 Å². The van der Waals surface area contributed by atoms with E-state index in [2.05, 4.69) is 32.0 Å². The lowest BCUT2D eigenvalue weighted by molar-refractivity contribution is -0.173. The number of hydrogen-bond donors (Lipinski definition) is 1. The third-order valence-corrected chi connectivity index (χ3v) is 3.21. The highest BCUT2D eigenvalue weighted by atomic mass is 16.7. The van der Waals surface area contributed by atoms with E-state index in [9.17, 15) is 0 Å². The molecule has 0 saturated carbocycles. The molecule has 0 unspecified atom stereocenters. The Morgan fingerprint density at radius 2 is 1.94 bits per heavy atom. The van der Waals surface area contributed by atoms with Gasteiger partial charge in [-0.1, -0.05) is 23.8 Å². The van der Waals surface area contributed by atoms with E-state index in [1.807, 2.05) is 0 Å². The highest BCUT2D eigenvalue weighted by molar-refractivity contribution is 5.34. The molecule has 0 aromatic heterocycles. The van der Waals surface area contributed by atoms with Crippen molar-refractivity contribution in [2.24, 2.45) is 0 Å². The van der Waals surface area contributed by atoms with Crippen LogP contribution in [-0.2, 0) is 15.3 Å². The molecule has 1 fully saturated rings. The van der Waals surface area contributed by atoms with Crippen LogP contribution in [0.1, 0.15) is 29.5 Å². The van der Waals surface area contributed by atoms with Gasteiger partial charge < -0.3 is 14.6 Å². The summed E-state index contributed by atoms with van der Waals surface area (Å²) in [6.07, 6.45) is 1.39. The summed E-state index contributed by atoms with van der Waals surface area (Å²) in [4.78, 5) is 0. The maximum Gasteiger partial charge on any atom is 0.195 e. The van der Waals surface area contributed by atoms with Crippen LogP contribution in [0, 0.1) is 13.8 Å². The van der Waals surface area contributed by atoms with Gasteiger partial charge in [-0.2, -0.15) is 0 Å². The first-order chi connectivity index (χ1) is 8.18. The summed E-state index contributed by atoms with van der Waals surface area (Å²) >= 11 is 0. The Labute approximate surface area is 102 Å². The molecule has 0 aliphatic carbocycles. The predicted molar refractivity (Wildman–Crippen MR) is 65.8 cm³/mol. The summed E-state index contributed by atoms with van der Waals surface area (Å²) in [5.74, 6) is -0.638. The van der Waals surface area contributed by atoms with Crippen LogP contribution in [0.4, 0.5) is 0 Å². The van der Waals surface area contributed by atoms with E-state index >= 15 is 0 Å². The Hall–Kier alpha value is -0.900. The van der Waals surface area contributed by atoms with Gasteiger partial charge >= 0.3 is 0 Å². The zero-order valence-corrected chi connectivity index (χ0v) is 10.5. The van der Waals surface area contributed by atoms with Gasteiger partial charge in [0, 0.05) is 18.6 Å². The Kier molecular flexibility index (Phi) is 3.82. The van der Waals surface area contributed by atoms with Gasteiger partial charge in [-0.05, 0) is 25.8 Å². The summed E-state index contributed by atoms with van der Waals surface area (Å²) in [6.45, 7) is 5.57. The van der Waals surface area contributed by atoms with Gasteiger partial charge in [-0.15, -0.1) is 0 Å². The SMILES string of the molecule is Cc1ccc(C2(CCCO)OCCO2)c(C)c1. The molecular weight excluding hydrogens is 216 g/mol. The van der Waals surface area contributed by atoms with Gasteiger partial charge in [0.2, 0.25) is 0 Å². The van der Waals surface area contributed by atoms with E-state index in [-0.39, 0.29) is 6.61 Å². The Bertz CT molecular complexity index is 381. The lowest BCUT2D eigenvalue weighted by Crippen LogP contribution is -2.28. The van der Waals surface area contributed by atoms with Crippen LogP contribution in [0.25, 0.3) is 0 Å². The number of aliphatic hydroxyl groups is 1. The Morgan fingerprint density at radius 1 is 1.24 bits per heavy atom. The Balaban J connectivity index is 2.31. The molecule has 1 saturated heterocycles. The van der Waals surface area contributed by atoms with Crippen molar-refractivity contribution >= 4 is 0 Å². The number of aliphatic hydroxyl groups excluding tert-OH is 1. The first kappa shape index (κ1) is 12.6. The van der Waals surface area contributed by atoms with E-state index < -0.39 is 5.79 Å². The fourth-order valence-electron chi connectivity index (χ4n) is 2.44. The van der Waals surface area contributed by atoms with Crippen LogP contribution >= 0.6 is 0 Å². The van der Waals surface area contributed by atoms with Crippen molar-refractivity contribution in [3.8, 4) is 0 Å². The van der Waals surface area contributed by atoms with Crippen molar-refractivity contribution in [1.82, 2.24) is 0 Å². The third-order valence-electron chi connectivity index (χ3n) is 3.21. The van der Waals surface area contributed by atoms with Crippen molar-refractivity contribution < 1.29 is 14.6 Å². The molecule has 0 radical (unpaired) electrons. The molecule has 3 heteroatoms. The summed E-state index contributed by atoms with van der Waals surface area (Å²) in [5.41, 5.74) is 3.51. The van der Waals surface area contributed by atoms with Crippen LogP contribution in [0.5, 0.6) is 0 Å². The maximum absolute atomic E-state index is 8.99. The van der Waals surface area contributed by atoms with Crippen LogP contribution < -0.4 is 0 Å². The molecular formula is C14H20O3. The molecule has 17 heavy (non-hydrogen) atoms. The van der Waals surface area contributed by atoms with Gasteiger partial charge in [0.15, 0.2) is 5.79 Å². The van der Waals surface area contributed by atoms with Gasteiger partial charge in [0.25, 0.3) is 0 Å². The van der Waals surface area contributed by atoms with Crippen molar-refractivity contribution in [2.45, 2.75) is 32.5 Å². The van der Waals surface area contributed by atoms with E-state index in [1.165, 1.54) is 11.1 Å². The highest BCUT2D eigenvalue weighted by Gasteiger charge is 2.38. The molecule has 1 aromatic carbocycles. The lowest BCUT2D eigenvalue weighted by Gasteiger charge is -2.29. The molecule has 0 atom stereocenters. The second-order valence-electron chi connectivity index (χ2n) is 4.60. The van der Waals surface area contributed by atoms with Gasteiger partial charge in [0.05, 0.1) is 13.2 Å². The fourth-order valence-corrected chi connectivity index (χ4v) is 2.44. The van der Waals surface area contributed by atoms with E-state index in [0.29, 0.717) is 26.1 Å². The molecule has 0 bridgehead atoms. The topological polar surface area (TPSA) is 38.7 Å². The molecule has 0 amide bonds. The molecule has 2 rings (SSSR count). The average Bonchev–Trinajstić information content (AvgIpc) is 2.76. The molecule has 1 aliphatic heterocycles. The van der Waals surface area contributed by atoms with E-state index in [1.54, 1.807) is 0 Å². The number of aryl methyl sites for hydroxylation is 2. The van der Waals surface area contributed by atoms with Crippen molar-refractivity contribution in [2.75, 3.05) is 19.8 Å². The molecule has 0 spiro atoms. The second-order valence-corrected chi connectivity index (χ2v) is 4.60. The molecule has 1 heterocycles. The number of benzene rings is 1. The first-order valence-corrected chi connectivity index (χ1v) is 6.14. The molecule has 1 aliphatic rings. The minimum atomic E-state index is -0.638. The minimum absolute atomic E-state index is 0.166. The van der Waals surface area contributed by atoms with Gasteiger partial charge in [-0.25, -0.2) is 0 Å². The second kappa shape index (κ2) is 5.17. The standard InChI is InChI=1S/C14H20O3/c1-11-4-5-13(12(2)10-11)14(6-3-7-15)16-8-9-17-14/h4-5,10,15H,3,6-9H2,1-2H3. The third kappa shape index (κ3) is 2.51. The predicted octanol–water partition coefficient (Wildman–Crippen LogP) is 2.28. The molecule has 1 N–H and O–H groups in total. The summed E-state index contributed by atoms with van der Waals surface area (Å²) in [6, 6.07) is 6.29. The van der Waals surface area contributed by atoms with Crippen LogP contribution in [-0.4, -0.2) is 24.9 Å². The molecule has 3 nitrogen and oxygen atoms in total. The van der Waals surface area contributed by atoms with Crippen LogP contribution in [0.15, 0.2) is 18.2 Å². The summed E-state index contributed by atoms with van der Waals surface area (Å²) in [7, 11) is 0. The van der Waals surface area contributed by atoms with Crippen molar-refractivity contribution in [3.05, 3.63) is 34.9 Å². The van der Waals surface area contributed by atoms with E-state index in [0.717, 1.165) is 5.56 Å². The van der Waals surface area contributed by atoms with Crippen LogP contribution in [0.3, 0.4) is 0 Å². The van der Waals surface area contributed by atoms with E-state index in [4.69, 9.17) is 14.6 Å². The molecule has 1 aromatic rings. The van der Waals surface area contributed by atoms with Crippen molar-refractivity contribution in [1.29, 1.82) is 0 Å². The maximum atomic E-state index is 8.99. The zero-order chi connectivity index (χ0) is 12.3. The smallest absolute Gasteiger partial charge is 0.195 e. The van der Waals surface area contributed by atoms with Crippen molar-refractivity contribution in [3.63, 3.8) is 0 Å². The average molecular weight is 236 g/mol. The molecule has 94 valence electrons. The van der Waals surface area contributed by atoms with Crippen LogP contribution in [0.2, 0.25) is 0 Å². The highest BCUT2D eigenvalue weighted by Crippen LogP contribution is 2.37. The lowest BCUT2D eigenvalue weighted by atomic mass is 9.95. The first-order valence-electron chi connectivity index (χ1n) is 6.14. The largest absolute Gasteiger partial charge is 0.396 e. The quantitative estimate of drug-likeness (QED) is 0.871. The number of ether oxygens (including phenoxy) is 2. The summed E-state index contributed by atoms with van der Waals surface area (Å²) < 4.78 is 11.6. The minimum Gasteiger partial charge on any atom is -0.396 e. The summed E-state index contributed by atoms with van der Waals surface area (Å²) in [5, 5.41) is 8.99.